The minimum absolute atomic E-state index is 0.0110. The lowest BCUT2D eigenvalue weighted by Gasteiger charge is -2.32. The zero-order valence-electron chi connectivity index (χ0n) is 19.4. The third kappa shape index (κ3) is 4.80. The number of hydrogen-bond acceptors (Lipinski definition) is 3. The quantitative estimate of drug-likeness (QED) is 0.542. The van der Waals surface area contributed by atoms with Gasteiger partial charge in [0.2, 0.25) is 5.43 Å². The molecule has 2 aromatic carbocycles. The first-order valence-corrected chi connectivity index (χ1v) is 11.3. The van der Waals surface area contributed by atoms with E-state index in [9.17, 15) is 32.7 Å². The summed E-state index contributed by atoms with van der Waals surface area (Å²) >= 11 is 0. The van der Waals surface area contributed by atoms with Crippen molar-refractivity contribution < 1.29 is 27.9 Å². The molecule has 0 atom stereocenters. The number of fused-ring (bicyclic) bond motifs is 1. The number of benzene rings is 2. The van der Waals surface area contributed by atoms with Crippen LogP contribution in [0.25, 0.3) is 10.9 Å². The fourth-order valence-electron chi connectivity index (χ4n) is 4.37. The Bertz CT molecular complexity index is 1370. The Morgan fingerprint density at radius 2 is 1.74 bits per heavy atom. The van der Waals surface area contributed by atoms with E-state index in [-0.39, 0.29) is 34.8 Å². The van der Waals surface area contributed by atoms with Crippen LogP contribution in [0, 0.1) is 5.92 Å². The molecule has 1 aromatic heterocycles. The molecule has 1 aliphatic rings. The van der Waals surface area contributed by atoms with Crippen LogP contribution in [-0.4, -0.2) is 39.5 Å². The molecule has 0 bridgehead atoms. The molecule has 0 unspecified atom stereocenters. The summed E-state index contributed by atoms with van der Waals surface area (Å²) in [5, 5.41) is 9.62. The summed E-state index contributed by atoms with van der Waals surface area (Å²) < 4.78 is 42.6. The predicted octanol–water partition coefficient (Wildman–Crippen LogP) is 4.81. The molecular formula is C26H25F3N2O4. The number of nitrogens with zero attached hydrogens (tertiary/aromatic N) is 2. The molecule has 6 nitrogen and oxygen atoms in total. The van der Waals surface area contributed by atoms with Gasteiger partial charge in [-0.25, -0.2) is 4.79 Å². The van der Waals surface area contributed by atoms with Gasteiger partial charge in [-0.1, -0.05) is 32.0 Å². The van der Waals surface area contributed by atoms with Crippen molar-refractivity contribution in [2.24, 2.45) is 5.92 Å². The minimum atomic E-state index is -4.56. The fraction of sp³-hybridized carbons (Fsp3) is 0.346. The molecule has 1 aliphatic heterocycles. The number of hydrogen-bond donors (Lipinski definition) is 1. The normalized spacial score (nSPS) is 13.8. The van der Waals surface area contributed by atoms with Crippen LogP contribution in [0.1, 0.15) is 57.7 Å². The number of aromatic nitrogens is 1. The van der Waals surface area contributed by atoms with Gasteiger partial charge in [0.05, 0.1) is 11.1 Å². The fourth-order valence-corrected chi connectivity index (χ4v) is 4.37. The summed E-state index contributed by atoms with van der Waals surface area (Å²) in [6.45, 7) is 5.26. The number of carbonyl (C=O) groups excluding carboxylic acids is 1. The number of aromatic carboxylic acids is 1. The van der Waals surface area contributed by atoms with Crippen molar-refractivity contribution in [3.8, 4) is 0 Å². The van der Waals surface area contributed by atoms with Gasteiger partial charge < -0.3 is 14.6 Å². The number of likely N-dealkylation sites (tertiary alicyclic amines) is 1. The number of pyridine rings is 1. The number of amides is 1. The monoisotopic (exact) mass is 486 g/mol. The maximum Gasteiger partial charge on any atom is 0.416 e. The van der Waals surface area contributed by atoms with Gasteiger partial charge in [-0.2, -0.15) is 13.2 Å². The van der Waals surface area contributed by atoms with Crippen LogP contribution in [0.15, 0.2) is 47.4 Å². The molecular weight excluding hydrogens is 461 g/mol. The number of halogens is 3. The van der Waals surface area contributed by atoms with Crippen LogP contribution in [0.2, 0.25) is 0 Å². The molecule has 1 saturated heterocycles. The Morgan fingerprint density at radius 1 is 1.06 bits per heavy atom. The number of carbonyl (C=O) groups is 2. The molecule has 1 N–H and O–H groups in total. The first kappa shape index (κ1) is 24.5. The number of carboxylic acids is 1. The van der Waals surface area contributed by atoms with Crippen LogP contribution in [0.4, 0.5) is 13.2 Å². The highest BCUT2D eigenvalue weighted by Gasteiger charge is 2.33. The van der Waals surface area contributed by atoms with Gasteiger partial charge in [-0.3, -0.25) is 9.59 Å². The Kier molecular flexibility index (Phi) is 6.44. The smallest absolute Gasteiger partial charge is 0.416 e. The second-order valence-corrected chi connectivity index (χ2v) is 9.23. The van der Waals surface area contributed by atoms with Crippen LogP contribution < -0.4 is 5.43 Å². The lowest BCUT2D eigenvalue weighted by atomic mass is 9.93. The van der Waals surface area contributed by atoms with E-state index in [0.29, 0.717) is 30.7 Å². The van der Waals surface area contributed by atoms with Crippen molar-refractivity contribution in [3.05, 3.63) is 80.6 Å². The third-order valence-electron chi connectivity index (χ3n) is 6.17. The molecule has 35 heavy (non-hydrogen) atoms. The lowest BCUT2D eigenvalue weighted by molar-refractivity contribution is -0.138. The third-order valence-corrected chi connectivity index (χ3v) is 6.17. The summed E-state index contributed by atoms with van der Waals surface area (Å²) in [4.78, 5) is 39.6. The summed E-state index contributed by atoms with van der Waals surface area (Å²) in [6.07, 6.45) is -2.66. The first-order valence-electron chi connectivity index (χ1n) is 11.3. The average molecular weight is 486 g/mol. The van der Waals surface area contributed by atoms with E-state index in [1.165, 1.54) is 30.5 Å². The van der Waals surface area contributed by atoms with E-state index in [4.69, 9.17) is 0 Å². The molecule has 0 spiro atoms. The summed E-state index contributed by atoms with van der Waals surface area (Å²) in [5.74, 6) is -1.67. The largest absolute Gasteiger partial charge is 0.477 e. The van der Waals surface area contributed by atoms with Gasteiger partial charge in [-0.05, 0) is 48.1 Å². The second-order valence-electron chi connectivity index (χ2n) is 9.23. The van der Waals surface area contributed by atoms with E-state index in [1.54, 1.807) is 15.5 Å². The Balaban J connectivity index is 1.98. The number of rotatable bonds is 6. The van der Waals surface area contributed by atoms with Crippen molar-refractivity contribution >= 4 is 22.8 Å². The van der Waals surface area contributed by atoms with Crippen LogP contribution in [-0.2, 0) is 19.1 Å². The molecule has 0 radical (unpaired) electrons. The topological polar surface area (TPSA) is 79.6 Å². The van der Waals surface area contributed by atoms with E-state index in [1.807, 2.05) is 13.8 Å². The Morgan fingerprint density at radius 3 is 2.31 bits per heavy atom. The van der Waals surface area contributed by atoms with Gasteiger partial charge >= 0.3 is 12.1 Å². The number of carboxylic acid groups (broad SMARTS) is 1. The predicted molar refractivity (Wildman–Crippen MR) is 125 cm³/mol. The molecule has 4 rings (SSSR count). The molecule has 0 saturated carbocycles. The average Bonchev–Trinajstić information content (AvgIpc) is 2.73. The first-order chi connectivity index (χ1) is 16.5. The highest BCUT2D eigenvalue weighted by molar-refractivity contribution is 6.01. The Hall–Kier alpha value is -3.62. The zero-order chi connectivity index (χ0) is 25.5. The molecule has 9 heteroatoms. The Labute approximate surface area is 199 Å². The standard InChI is InChI=1S/C26H25F3N2O4/c1-15(2)13-31-14-20(25(34)35)23(32)19-12-18(24(33)30-8-5-9-30)17(11-22(19)31)10-16-6-3-4-7-21(16)26(27,28)29/h3-4,6-7,11-12,14-15H,5,8-10,13H2,1-2H3,(H,34,35). The van der Waals surface area contributed by atoms with Crippen LogP contribution in [0.3, 0.4) is 0 Å². The highest BCUT2D eigenvalue weighted by Crippen LogP contribution is 2.34. The van der Waals surface area contributed by atoms with Crippen LogP contribution >= 0.6 is 0 Å². The SMILES string of the molecule is CC(C)Cn1cc(C(=O)O)c(=O)c2cc(C(=O)N3CCC3)c(Cc3ccccc3C(F)(F)F)cc21. The molecule has 1 fully saturated rings. The van der Waals surface area contributed by atoms with Gasteiger partial charge in [0.1, 0.15) is 5.56 Å². The lowest BCUT2D eigenvalue weighted by Crippen LogP contribution is -2.42. The number of alkyl halides is 3. The zero-order valence-corrected chi connectivity index (χ0v) is 19.4. The maximum absolute atomic E-state index is 13.7. The molecule has 1 amide bonds. The van der Waals surface area contributed by atoms with Gasteiger partial charge in [-0.15, -0.1) is 0 Å². The van der Waals surface area contributed by atoms with Crippen molar-refractivity contribution in [2.45, 2.75) is 39.4 Å². The van der Waals surface area contributed by atoms with Crippen molar-refractivity contribution in [1.82, 2.24) is 9.47 Å². The van der Waals surface area contributed by atoms with E-state index < -0.39 is 28.7 Å². The van der Waals surface area contributed by atoms with Crippen LogP contribution in [0.5, 0.6) is 0 Å². The van der Waals surface area contributed by atoms with E-state index in [2.05, 4.69) is 0 Å². The molecule has 0 aliphatic carbocycles. The van der Waals surface area contributed by atoms with Crippen molar-refractivity contribution in [3.63, 3.8) is 0 Å². The second kappa shape index (κ2) is 9.20. The van der Waals surface area contributed by atoms with Gasteiger partial charge in [0.15, 0.2) is 0 Å². The van der Waals surface area contributed by atoms with E-state index in [0.717, 1.165) is 12.5 Å². The van der Waals surface area contributed by atoms with Gasteiger partial charge in [0.25, 0.3) is 5.91 Å². The minimum Gasteiger partial charge on any atom is -0.477 e. The summed E-state index contributed by atoms with van der Waals surface area (Å²) in [6, 6.07) is 8.11. The van der Waals surface area contributed by atoms with Gasteiger partial charge in [0, 0.05) is 36.8 Å². The highest BCUT2D eigenvalue weighted by atomic mass is 19.4. The maximum atomic E-state index is 13.7. The summed E-state index contributed by atoms with van der Waals surface area (Å²) in [7, 11) is 0. The van der Waals surface area contributed by atoms with Crippen molar-refractivity contribution in [1.29, 1.82) is 0 Å². The van der Waals surface area contributed by atoms with Crippen molar-refractivity contribution in [2.75, 3.05) is 13.1 Å². The molecule has 184 valence electrons. The van der Waals surface area contributed by atoms with E-state index >= 15 is 0 Å². The molecule has 2 heterocycles. The summed E-state index contributed by atoms with van der Waals surface area (Å²) in [5.41, 5.74) is -1.08. The molecule has 3 aromatic rings.